The molecule has 4 N–H and O–H groups in total. The molecular weight excluding hydrogens is 448 g/mol. The van der Waals surface area contributed by atoms with E-state index in [2.05, 4.69) is 5.32 Å². The molecule has 2 atom stereocenters. The number of benzene rings is 1. The Hall–Kier alpha value is -3.36. The van der Waals surface area contributed by atoms with Crippen LogP contribution in [0.4, 0.5) is 0 Å². The van der Waals surface area contributed by atoms with E-state index in [0.717, 1.165) is 18.4 Å². The lowest BCUT2D eigenvalue weighted by Crippen LogP contribution is -2.47. The van der Waals surface area contributed by atoms with E-state index < -0.39 is 23.4 Å². The van der Waals surface area contributed by atoms with E-state index in [4.69, 9.17) is 19.9 Å². The lowest BCUT2D eigenvalue weighted by atomic mass is 9.65. The van der Waals surface area contributed by atoms with Crippen molar-refractivity contribution in [3.63, 3.8) is 0 Å². The van der Waals surface area contributed by atoms with Crippen molar-refractivity contribution >= 4 is 11.7 Å². The third-order valence-corrected chi connectivity index (χ3v) is 6.65. The van der Waals surface area contributed by atoms with E-state index in [1.54, 1.807) is 13.1 Å². The molecule has 0 spiro atoms. The second-order valence-electron chi connectivity index (χ2n) is 8.82. The molecule has 3 aliphatic rings. The number of nitrogens with two attached hydrogens (primary N) is 1. The largest absolute Gasteiger partial charge is 0.485 e. The molecule has 2 aliphatic heterocycles. The second-order valence-corrected chi connectivity index (χ2v) is 8.82. The number of allylic oxidation sites excluding steroid dienone is 3. The van der Waals surface area contributed by atoms with Crippen molar-refractivity contribution < 1.29 is 28.9 Å². The number of carbonyl (C=O) groups excluding carboxylic acids is 2. The molecule has 1 fully saturated rings. The van der Waals surface area contributed by atoms with Crippen LogP contribution in [0.2, 0.25) is 0 Å². The van der Waals surface area contributed by atoms with Crippen LogP contribution in [-0.2, 0) is 30.4 Å². The molecule has 1 amide bonds. The first kappa shape index (κ1) is 24.8. The van der Waals surface area contributed by atoms with Crippen molar-refractivity contribution in [3.8, 4) is 0 Å². The number of hydrogen-bond acceptors (Lipinski definition) is 7. The van der Waals surface area contributed by atoms with Gasteiger partial charge in [-0.3, -0.25) is 9.59 Å². The minimum Gasteiger partial charge on any atom is -0.485 e. The van der Waals surface area contributed by atoms with Crippen LogP contribution in [-0.4, -0.2) is 36.3 Å². The van der Waals surface area contributed by atoms with Crippen LogP contribution in [0, 0.1) is 5.41 Å². The first-order chi connectivity index (χ1) is 17.0. The minimum atomic E-state index is -1.51. The van der Waals surface area contributed by atoms with Crippen molar-refractivity contribution in [2.75, 3.05) is 13.2 Å². The van der Waals surface area contributed by atoms with E-state index >= 15 is 0 Å². The second kappa shape index (κ2) is 10.9. The molecule has 0 radical (unpaired) electrons. The summed E-state index contributed by atoms with van der Waals surface area (Å²) in [4.78, 5) is 27.1. The van der Waals surface area contributed by atoms with E-state index in [9.17, 15) is 14.7 Å². The van der Waals surface area contributed by atoms with Crippen LogP contribution in [0.3, 0.4) is 0 Å². The lowest BCUT2D eigenvalue weighted by molar-refractivity contribution is -0.152. The number of primary amides is 1. The Bertz CT molecular complexity index is 1080. The summed E-state index contributed by atoms with van der Waals surface area (Å²) in [5.74, 6) is -1.21. The molecule has 1 saturated heterocycles. The number of ether oxygens (including phenoxy) is 3. The SMILES string of the molecule is CC1=C(OCc2ccccc2)C(=O)C(OC2CCCCO2)=C(C2=CCC=CN2)C1(CCO)C(N)=O. The number of Topliss-reactive ketones (excluding diaryl/α,β-unsaturated/α-hetero) is 1. The first-order valence-corrected chi connectivity index (χ1v) is 12.0. The van der Waals surface area contributed by atoms with Gasteiger partial charge >= 0.3 is 0 Å². The number of carbonyl (C=O) groups is 2. The Balaban J connectivity index is 1.84. The highest BCUT2D eigenvalue weighted by Crippen LogP contribution is 2.49. The Labute approximate surface area is 205 Å². The van der Waals surface area contributed by atoms with Crippen LogP contribution < -0.4 is 11.1 Å². The molecule has 1 aromatic rings. The number of aliphatic hydroxyl groups excluding tert-OH is 1. The molecule has 35 heavy (non-hydrogen) atoms. The van der Waals surface area contributed by atoms with Gasteiger partial charge in [0, 0.05) is 24.3 Å². The Morgan fingerprint density at radius 1 is 1.26 bits per heavy atom. The highest BCUT2D eigenvalue weighted by molar-refractivity contribution is 6.11. The fraction of sp³-hybridized carbons (Fsp3) is 0.407. The van der Waals surface area contributed by atoms with Crippen LogP contribution in [0.25, 0.3) is 0 Å². The normalized spacial score (nSPS) is 24.7. The summed E-state index contributed by atoms with van der Waals surface area (Å²) in [6.07, 6.45) is 7.88. The first-order valence-electron chi connectivity index (χ1n) is 12.0. The van der Waals surface area contributed by atoms with E-state index in [0.29, 0.717) is 36.3 Å². The topological polar surface area (TPSA) is 120 Å². The van der Waals surface area contributed by atoms with Crippen molar-refractivity contribution in [1.29, 1.82) is 0 Å². The molecule has 0 aromatic heterocycles. The summed E-state index contributed by atoms with van der Waals surface area (Å²) in [5, 5.41) is 13.2. The Morgan fingerprint density at radius 3 is 2.69 bits per heavy atom. The fourth-order valence-corrected chi connectivity index (χ4v) is 4.81. The number of amides is 1. The number of ketones is 1. The van der Waals surface area contributed by atoms with Crippen molar-refractivity contribution in [2.45, 2.75) is 51.9 Å². The molecule has 4 rings (SSSR count). The summed E-state index contributed by atoms with van der Waals surface area (Å²) >= 11 is 0. The quantitative estimate of drug-likeness (QED) is 0.497. The van der Waals surface area contributed by atoms with E-state index in [1.807, 2.05) is 42.5 Å². The van der Waals surface area contributed by atoms with Gasteiger partial charge in [-0.2, -0.15) is 0 Å². The van der Waals surface area contributed by atoms with Gasteiger partial charge in [0.1, 0.15) is 12.0 Å². The monoisotopic (exact) mass is 480 g/mol. The van der Waals surface area contributed by atoms with Gasteiger partial charge in [-0.1, -0.05) is 42.5 Å². The smallest absolute Gasteiger partial charge is 0.262 e. The predicted octanol–water partition coefficient (Wildman–Crippen LogP) is 3.10. The zero-order valence-electron chi connectivity index (χ0n) is 19.9. The van der Waals surface area contributed by atoms with Crippen LogP contribution in [0.15, 0.2) is 77.0 Å². The van der Waals surface area contributed by atoms with E-state index in [1.165, 1.54) is 0 Å². The standard InChI is InChI=1S/C27H32N2O6/c1-18-24(34-17-19-9-3-2-4-10-19)23(31)25(35-21-12-6-8-16-33-21)22(20-11-5-7-14-29-20)27(18,13-15-30)26(28)32/h2-4,7,9-11,14,21,29-30H,5-6,8,12-13,15-17H2,1H3,(H2,28,32). The highest BCUT2D eigenvalue weighted by atomic mass is 16.7. The molecule has 8 nitrogen and oxygen atoms in total. The van der Waals surface area contributed by atoms with Gasteiger partial charge < -0.3 is 30.4 Å². The molecule has 2 heterocycles. The van der Waals surface area contributed by atoms with Crippen molar-refractivity contribution in [2.24, 2.45) is 11.1 Å². The maximum absolute atomic E-state index is 13.9. The predicted molar refractivity (Wildman–Crippen MR) is 129 cm³/mol. The number of nitrogens with one attached hydrogen (secondary N) is 1. The van der Waals surface area contributed by atoms with Gasteiger partial charge in [0.15, 0.2) is 17.8 Å². The molecule has 2 unspecified atom stereocenters. The molecule has 0 saturated carbocycles. The molecule has 8 heteroatoms. The van der Waals surface area contributed by atoms with Gasteiger partial charge in [-0.25, -0.2) is 0 Å². The molecule has 0 bridgehead atoms. The van der Waals surface area contributed by atoms with Gasteiger partial charge in [-0.05, 0) is 49.9 Å². The van der Waals surface area contributed by atoms with Gasteiger partial charge in [0.25, 0.3) is 5.78 Å². The van der Waals surface area contributed by atoms with Gasteiger partial charge in [0.2, 0.25) is 5.91 Å². The third kappa shape index (κ3) is 4.90. The summed E-state index contributed by atoms with van der Waals surface area (Å²) in [6.45, 7) is 1.97. The molecule has 1 aromatic carbocycles. The fourth-order valence-electron chi connectivity index (χ4n) is 4.81. The third-order valence-electron chi connectivity index (χ3n) is 6.65. The molecular formula is C27H32N2O6. The van der Waals surface area contributed by atoms with Gasteiger partial charge in [-0.15, -0.1) is 0 Å². The number of aliphatic hydroxyl groups is 1. The number of rotatable bonds is 9. The summed E-state index contributed by atoms with van der Waals surface area (Å²) < 4.78 is 18.0. The van der Waals surface area contributed by atoms with Crippen molar-refractivity contribution in [3.05, 3.63) is 82.6 Å². The number of dihydropyridines is 1. The van der Waals surface area contributed by atoms with Crippen LogP contribution in [0.5, 0.6) is 0 Å². The molecule has 1 aliphatic carbocycles. The zero-order valence-corrected chi connectivity index (χ0v) is 19.9. The van der Waals surface area contributed by atoms with Crippen molar-refractivity contribution in [1.82, 2.24) is 5.32 Å². The number of hydrogen-bond donors (Lipinski definition) is 3. The summed E-state index contributed by atoms with van der Waals surface area (Å²) in [7, 11) is 0. The Kier molecular flexibility index (Phi) is 7.73. The average molecular weight is 481 g/mol. The summed E-state index contributed by atoms with van der Waals surface area (Å²) in [5.41, 5.74) is 6.60. The Morgan fingerprint density at radius 2 is 2.06 bits per heavy atom. The van der Waals surface area contributed by atoms with E-state index in [-0.39, 0.29) is 31.2 Å². The average Bonchev–Trinajstić information content (AvgIpc) is 2.88. The highest BCUT2D eigenvalue weighted by Gasteiger charge is 2.53. The maximum atomic E-state index is 13.9. The van der Waals surface area contributed by atoms with Crippen LogP contribution >= 0.6 is 0 Å². The van der Waals surface area contributed by atoms with Crippen LogP contribution in [0.1, 0.15) is 44.6 Å². The van der Waals surface area contributed by atoms with Gasteiger partial charge in [0.05, 0.1) is 6.61 Å². The lowest BCUT2D eigenvalue weighted by Gasteiger charge is -2.41. The molecule has 186 valence electrons. The minimum absolute atomic E-state index is 0.00242. The summed E-state index contributed by atoms with van der Waals surface area (Å²) in [6, 6.07) is 9.42. The maximum Gasteiger partial charge on any atom is 0.262 e. The zero-order chi connectivity index (χ0) is 24.8.